The number of terminal acetylenes is 1. The molecule has 0 bridgehead atoms. The van der Waals surface area contributed by atoms with Crippen molar-refractivity contribution in [2.45, 2.75) is 39.0 Å². The van der Waals surface area contributed by atoms with Crippen LogP contribution in [0.25, 0.3) is 0 Å². The van der Waals surface area contributed by atoms with E-state index in [9.17, 15) is 18.8 Å². The van der Waals surface area contributed by atoms with Gasteiger partial charge in [0.2, 0.25) is 11.8 Å². The number of urea groups is 1. The molecule has 4 amide bonds. The third-order valence-corrected chi connectivity index (χ3v) is 5.89. The molecule has 9 nitrogen and oxygen atoms in total. The molecule has 10 heteroatoms. The van der Waals surface area contributed by atoms with Gasteiger partial charge in [-0.15, -0.1) is 6.42 Å². The number of carbonyl (C=O) groups excluding carboxylic acids is 3. The van der Waals surface area contributed by atoms with Crippen molar-refractivity contribution in [3.63, 3.8) is 0 Å². The lowest BCUT2D eigenvalue weighted by molar-refractivity contribution is -0.188. The third kappa shape index (κ3) is 5.85. The number of nitrogens with one attached hydrogen (secondary N) is 1. The fraction of sp³-hybridized carbons (Fsp3) is 0.542. The minimum Gasteiger partial charge on any atom is -0.367 e. The number of piperazine rings is 1. The highest BCUT2D eigenvalue weighted by Crippen LogP contribution is 2.28. The van der Waals surface area contributed by atoms with Crippen molar-refractivity contribution in [2.75, 3.05) is 39.9 Å². The van der Waals surface area contributed by atoms with Crippen LogP contribution in [0.1, 0.15) is 25.8 Å². The second kappa shape index (κ2) is 11.3. The van der Waals surface area contributed by atoms with Gasteiger partial charge in [0.1, 0.15) is 24.6 Å². The van der Waals surface area contributed by atoms with Crippen LogP contribution < -0.4 is 5.32 Å². The van der Waals surface area contributed by atoms with Gasteiger partial charge in [0.15, 0.2) is 0 Å². The quantitative estimate of drug-likeness (QED) is 0.454. The number of fused-ring (bicyclic) bond motifs is 1. The summed E-state index contributed by atoms with van der Waals surface area (Å²) in [6.07, 6.45) is 5.05. The van der Waals surface area contributed by atoms with Crippen LogP contribution in [-0.2, 0) is 20.9 Å². The predicted octanol–water partition coefficient (Wildman–Crippen LogP) is 1.26. The van der Waals surface area contributed by atoms with Gasteiger partial charge in [0.05, 0.1) is 19.7 Å². The number of carbonyl (C=O) groups is 3. The average Bonchev–Trinajstić information content (AvgIpc) is 2.78. The molecule has 184 valence electrons. The van der Waals surface area contributed by atoms with E-state index in [2.05, 4.69) is 11.2 Å². The Kier molecular flexibility index (Phi) is 8.47. The topological polar surface area (TPSA) is 85.4 Å². The van der Waals surface area contributed by atoms with Crippen LogP contribution in [0.5, 0.6) is 0 Å². The van der Waals surface area contributed by atoms with Crippen LogP contribution in [0.3, 0.4) is 0 Å². The fourth-order valence-electron chi connectivity index (χ4n) is 4.35. The van der Waals surface area contributed by atoms with Crippen molar-refractivity contribution in [2.24, 2.45) is 5.92 Å². The van der Waals surface area contributed by atoms with Crippen molar-refractivity contribution in [1.29, 1.82) is 0 Å². The number of nitrogens with zero attached hydrogens (tertiary/aromatic N) is 4. The lowest BCUT2D eigenvalue weighted by Crippen LogP contribution is -2.76. The third-order valence-electron chi connectivity index (χ3n) is 5.89. The smallest absolute Gasteiger partial charge is 0.334 e. The molecular formula is C24H32FN5O4. The summed E-state index contributed by atoms with van der Waals surface area (Å²) in [4.78, 5) is 42.8. The fourth-order valence-corrected chi connectivity index (χ4v) is 4.35. The van der Waals surface area contributed by atoms with Crippen molar-refractivity contribution >= 4 is 17.8 Å². The lowest BCUT2D eigenvalue weighted by atomic mass is 9.97. The number of likely N-dealkylation sites (N-methyl/N-ethyl adjacent to an activating group) is 1. The summed E-state index contributed by atoms with van der Waals surface area (Å²) >= 11 is 0. The summed E-state index contributed by atoms with van der Waals surface area (Å²) in [5.74, 6) is 1.86. The second-order valence-corrected chi connectivity index (χ2v) is 8.91. The van der Waals surface area contributed by atoms with Gasteiger partial charge in [0, 0.05) is 20.1 Å². The maximum absolute atomic E-state index is 13.3. The highest BCUT2D eigenvalue weighted by Gasteiger charge is 2.50. The second-order valence-electron chi connectivity index (χ2n) is 8.91. The molecule has 1 aromatic rings. The van der Waals surface area contributed by atoms with Gasteiger partial charge >= 0.3 is 6.03 Å². The molecule has 0 saturated carbocycles. The molecule has 0 spiro atoms. The number of halogens is 1. The number of amides is 4. The molecule has 0 radical (unpaired) electrons. The van der Waals surface area contributed by atoms with E-state index in [1.807, 2.05) is 13.8 Å². The Morgan fingerprint density at radius 3 is 2.65 bits per heavy atom. The Morgan fingerprint density at radius 1 is 1.29 bits per heavy atom. The highest BCUT2D eigenvalue weighted by atomic mass is 19.1. The molecule has 2 heterocycles. The van der Waals surface area contributed by atoms with Crippen LogP contribution in [0.2, 0.25) is 0 Å². The molecule has 34 heavy (non-hydrogen) atoms. The van der Waals surface area contributed by atoms with Crippen LogP contribution in [0, 0.1) is 24.1 Å². The van der Waals surface area contributed by atoms with E-state index in [1.165, 1.54) is 17.1 Å². The zero-order valence-corrected chi connectivity index (χ0v) is 19.9. The molecule has 0 aliphatic carbocycles. The summed E-state index contributed by atoms with van der Waals surface area (Å²) in [6, 6.07) is 4.79. The number of ether oxygens (including phenoxy) is 1. The number of benzene rings is 1. The maximum Gasteiger partial charge on any atom is 0.334 e. The van der Waals surface area contributed by atoms with E-state index < -0.39 is 18.2 Å². The highest BCUT2D eigenvalue weighted by molar-refractivity contribution is 5.91. The molecule has 2 aliphatic rings. The van der Waals surface area contributed by atoms with Gasteiger partial charge in [-0.3, -0.25) is 9.59 Å². The molecule has 2 saturated heterocycles. The minimum atomic E-state index is -0.667. The Balaban J connectivity index is 1.81. The molecule has 1 aromatic carbocycles. The van der Waals surface area contributed by atoms with Gasteiger partial charge in [0.25, 0.3) is 0 Å². The Labute approximate surface area is 199 Å². The summed E-state index contributed by atoms with van der Waals surface area (Å²) in [5, 5.41) is 5.90. The Hall–Kier alpha value is -3.16. The zero-order valence-electron chi connectivity index (χ0n) is 19.9. The summed E-state index contributed by atoms with van der Waals surface area (Å²) in [7, 11) is 1.67. The van der Waals surface area contributed by atoms with Crippen LogP contribution in [0.15, 0.2) is 24.3 Å². The maximum atomic E-state index is 13.3. The number of hydrogen-bond acceptors (Lipinski definition) is 5. The number of hydrogen-bond donors (Lipinski definition) is 1. The first-order chi connectivity index (χ1) is 16.2. The molecular weight excluding hydrogens is 441 g/mol. The van der Waals surface area contributed by atoms with Gasteiger partial charge in [-0.05, 0) is 30.0 Å². The molecule has 2 aliphatic heterocycles. The Bertz CT molecular complexity index is 932. The van der Waals surface area contributed by atoms with Gasteiger partial charge in [-0.2, -0.15) is 0 Å². The van der Waals surface area contributed by atoms with Crippen LogP contribution in [-0.4, -0.2) is 89.8 Å². The van der Waals surface area contributed by atoms with E-state index in [1.54, 1.807) is 34.0 Å². The van der Waals surface area contributed by atoms with Crippen LogP contribution >= 0.6 is 0 Å². The molecule has 2 fully saturated rings. The minimum absolute atomic E-state index is 0.0202. The van der Waals surface area contributed by atoms with Gasteiger partial charge < -0.3 is 19.9 Å². The van der Waals surface area contributed by atoms with Crippen LogP contribution in [0.4, 0.5) is 9.18 Å². The summed E-state index contributed by atoms with van der Waals surface area (Å²) < 4.78 is 18.5. The first-order valence-electron chi connectivity index (χ1n) is 11.4. The number of hydrazine groups is 1. The lowest BCUT2D eigenvalue weighted by Gasteiger charge is -2.54. The number of rotatable bonds is 8. The largest absolute Gasteiger partial charge is 0.367 e. The molecule has 0 aromatic heterocycles. The zero-order chi connectivity index (χ0) is 24.8. The van der Waals surface area contributed by atoms with E-state index in [0.29, 0.717) is 13.0 Å². The molecule has 1 N–H and O–H groups in total. The van der Waals surface area contributed by atoms with Crippen molar-refractivity contribution in [1.82, 2.24) is 25.1 Å². The normalized spacial score (nSPS) is 21.0. The standard InChI is InChI=1S/C24H32FN5O4/c1-5-11-34-12-10-28-15-21-29(20(23(28)32)13-17(2)3)22(31)16-27(4)30(21)24(33)26-14-18-6-8-19(25)9-7-18/h1,6-9,17,20-21H,10-16H2,2-4H3,(H,26,33)/t20-,21-/m0/s1. The predicted molar refractivity (Wildman–Crippen MR) is 123 cm³/mol. The average molecular weight is 474 g/mol. The van der Waals surface area contributed by atoms with E-state index in [0.717, 1.165) is 5.56 Å². The molecule has 3 rings (SSSR count). The SMILES string of the molecule is C#CCOCCN1C[C@H]2N(C(=O)CN(C)N2C(=O)NCc2ccc(F)cc2)[C@@H](CC(C)C)C1=O. The van der Waals surface area contributed by atoms with Gasteiger partial charge in [-0.25, -0.2) is 19.2 Å². The van der Waals surface area contributed by atoms with Crippen molar-refractivity contribution < 1.29 is 23.5 Å². The van der Waals surface area contributed by atoms with Gasteiger partial charge in [-0.1, -0.05) is 31.9 Å². The molecule has 2 atom stereocenters. The van der Waals surface area contributed by atoms with E-state index >= 15 is 0 Å². The van der Waals surface area contributed by atoms with E-state index in [4.69, 9.17) is 11.2 Å². The monoisotopic (exact) mass is 473 g/mol. The van der Waals surface area contributed by atoms with E-state index in [-0.39, 0.29) is 56.4 Å². The van der Waals surface area contributed by atoms with Crippen molar-refractivity contribution in [3.8, 4) is 12.3 Å². The Morgan fingerprint density at radius 2 is 2.00 bits per heavy atom. The summed E-state index contributed by atoms with van der Waals surface area (Å²) in [6.45, 7) is 5.03. The summed E-state index contributed by atoms with van der Waals surface area (Å²) in [5.41, 5.74) is 0.742. The first-order valence-corrected chi connectivity index (χ1v) is 11.4. The molecule has 0 unspecified atom stereocenters. The van der Waals surface area contributed by atoms with Crippen molar-refractivity contribution in [3.05, 3.63) is 35.6 Å². The first kappa shape index (κ1) is 25.5.